The molecule has 0 fully saturated rings. The highest BCUT2D eigenvalue weighted by Crippen LogP contribution is 1.82. The first-order valence-corrected chi connectivity index (χ1v) is 2.50. The van der Waals surface area contributed by atoms with Gasteiger partial charge in [-0.15, -0.1) is 0 Å². The number of carboxylic acid groups (broad SMARTS) is 1. The fourth-order valence-corrected chi connectivity index (χ4v) is 0.261. The Bertz CT molecular complexity index is 117. The van der Waals surface area contributed by atoms with Crippen molar-refractivity contribution < 1.29 is 24.6 Å². The van der Waals surface area contributed by atoms with Gasteiger partial charge in [-0.25, -0.2) is 0 Å². The first-order chi connectivity index (χ1) is 4.54. The molecule has 0 aliphatic rings. The van der Waals surface area contributed by atoms with E-state index in [1.54, 1.807) is 0 Å². The van der Waals surface area contributed by atoms with Crippen LogP contribution in [0.15, 0.2) is 0 Å². The summed E-state index contributed by atoms with van der Waals surface area (Å²) in [4.78, 5) is 9.94. The highest BCUT2D eigenvalue weighted by atomic mass is 16.6. The fraction of sp³-hybridized carbons (Fsp3) is 0.667. The molecule has 0 spiro atoms. The Hall–Kier alpha value is -0.625. The first kappa shape index (κ1) is 9.37. The van der Waals surface area contributed by atoms with Gasteiger partial charge in [0.1, 0.15) is 6.04 Å². The van der Waals surface area contributed by atoms with Gasteiger partial charge in [0.05, 0.1) is 6.61 Å². The van der Waals surface area contributed by atoms with Gasteiger partial charge in [-0.3, -0.25) is 4.79 Å². The maximum atomic E-state index is 9.94. The largest absolute Gasteiger partial charge is 0.633 e. The van der Waals surface area contributed by atoms with Gasteiger partial charge in [0.25, 0.3) is 0 Å². The lowest BCUT2D eigenvalue weighted by Crippen LogP contribution is -2.37. The van der Waals surface area contributed by atoms with Gasteiger partial charge in [-0.1, -0.05) is 0 Å². The summed E-state index contributed by atoms with van der Waals surface area (Å²) in [6, 6.07) is -1.22. The molecular formula is C3H8BNO5. The van der Waals surface area contributed by atoms with Crippen molar-refractivity contribution in [2.45, 2.75) is 6.04 Å². The van der Waals surface area contributed by atoms with Gasteiger partial charge in [0.2, 0.25) is 0 Å². The minimum absolute atomic E-state index is 0.424. The molecule has 0 radical (unpaired) electrons. The number of nitrogens with two attached hydrogens (primary N) is 1. The Morgan fingerprint density at radius 3 is 2.50 bits per heavy atom. The minimum atomic E-state index is -1.97. The highest BCUT2D eigenvalue weighted by Gasteiger charge is 2.15. The summed E-state index contributed by atoms with van der Waals surface area (Å²) in [5.41, 5.74) is 4.92. The van der Waals surface area contributed by atoms with Crippen LogP contribution < -0.4 is 5.73 Å². The van der Waals surface area contributed by atoms with Crippen LogP contribution in [0.5, 0.6) is 0 Å². The van der Waals surface area contributed by atoms with E-state index in [-0.39, 0.29) is 0 Å². The first-order valence-electron chi connectivity index (χ1n) is 2.50. The van der Waals surface area contributed by atoms with Crippen molar-refractivity contribution in [2.75, 3.05) is 6.61 Å². The Labute approximate surface area is 57.4 Å². The number of rotatable bonds is 4. The number of hydrogen-bond donors (Lipinski definition) is 4. The normalized spacial score (nSPS) is 12.7. The average molecular weight is 149 g/mol. The average Bonchev–Trinajstić information content (AvgIpc) is 1.82. The smallest absolute Gasteiger partial charge is 0.480 e. The van der Waals surface area contributed by atoms with E-state index < -0.39 is 25.9 Å². The minimum Gasteiger partial charge on any atom is -0.480 e. The van der Waals surface area contributed by atoms with E-state index in [1.165, 1.54) is 0 Å². The zero-order valence-corrected chi connectivity index (χ0v) is 5.10. The molecule has 1 atom stereocenters. The highest BCUT2D eigenvalue weighted by molar-refractivity contribution is 6.32. The molecule has 0 saturated heterocycles. The quantitative estimate of drug-likeness (QED) is 0.325. The van der Waals surface area contributed by atoms with E-state index in [2.05, 4.69) is 4.65 Å². The predicted octanol–water partition coefficient (Wildman–Crippen LogP) is -2.62. The molecule has 0 heterocycles. The second-order valence-corrected chi connectivity index (χ2v) is 1.60. The number of aliphatic carboxylic acids is 1. The molecule has 0 saturated carbocycles. The van der Waals surface area contributed by atoms with Crippen molar-refractivity contribution in [3.8, 4) is 0 Å². The standard InChI is InChI=1S/C3H8BNO5/c5-2(3(6)7)1-10-4(8)9/h2,8-9H,1,5H2,(H,6,7)/t2-/m0/s1. The second-order valence-electron chi connectivity index (χ2n) is 1.60. The van der Waals surface area contributed by atoms with Crippen molar-refractivity contribution >= 4 is 13.3 Å². The second kappa shape index (κ2) is 4.23. The van der Waals surface area contributed by atoms with Crippen molar-refractivity contribution in [1.29, 1.82) is 0 Å². The van der Waals surface area contributed by atoms with Crippen LogP contribution in [0.4, 0.5) is 0 Å². The summed E-state index contributed by atoms with van der Waals surface area (Å²) in [6.07, 6.45) is 0. The van der Waals surface area contributed by atoms with Crippen LogP contribution in [0.3, 0.4) is 0 Å². The maximum Gasteiger partial charge on any atom is 0.633 e. The Kier molecular flexibility index (Phi) is 3.97. The molecule has 0 unspecified atom stereocenters. The molecule has 6 nitrogen and oxygen atoms in total. The molecule has 5 N–H and O–H groups in total. The van der Waals surface area contributed by atoms with Crippen molar-refractivity contribution in [2.24, 2.45) is 5.73 Å². The summed E-state index contributed by atoms with van der Waals surface area (Å²) >= 11 is 0. The van der Waals surface area contributed by atoms with Crippen LogP contribution in [0.25, 0.3) is 0 Å². The van der Waals surface area contributed by atoms with Gasteiger partial charge in [-0.05, 0) is 0 Å². The van der Waals surface area contributed by atoms with Crippen LogP contribution in [0.1, 0.15) is 0 Å². The number of carboxylic acids is 1. The lowest BCUT2D eigenvalue weighted by molar-refractivity contribution is -0.139. The van der Waals surface area contributed by atoms with Gasteiger partial charge in [0, 0.05) is 0 Å². The maximum absolute atomic E-state index is 9.94. The molecule has 0 aliphatic carbocycles. The van der Waals surface area contributed by atoms with Crippen molar-refractivity contribution in [3.63, 3.8) is 0 Å². The molecule has 0 bridgehead atoms. The number of hydrogen-bond acceptors (Lipinski definition) is 5. The molecule has 0 rings (SSSR count). The lowest BCUT2D eigenvalue weighted by Gasteiger charge is -2.05. The third-order valence-electron chi connectivity index (χ3n) is 0.742. The lowest BCUT2D eigenvalue weighted by atomic mass is 10.2. The van der Waals surface area contributed by atoms with Crippen LogP contribution in [-0.4, -0.2) is 41.1 Å². The van der Waals surface area contributed by atoms with Crippen molar-refractivity contribution in [1.82, 2.24) is 0 Å². The van der Waals surface area contributed by atoms with Gasteiger partial charge < -0.3 is 25.5 Å². The Balaban J connectivity index is 3.40. The molecule has 0 aliphatic heterocycles. The molecule has 58 valence electrons. The molecule has 7 heteroatoms. The molecular weight excluding hydrogens is 141 g/mol. The van der Waals surface area contributed by atoms with Gasteiger partial charge in [-0.2, -0.15) is 0 Å². The monoisotopic (exact) mass is 149 g/mol. The fourth-order valence-electron chi connectivity index (χ4n) is 0.261. The summed E-state index contributed by atoms with van der Waals surface area (Å²) in [5, 5.41) is 24.3. The summed E-state index contributed by atoms with van der Waals surface area (Å²) < 4.78 is 4.07. The molecule has 0 amide bonds. The molecule has 0 aromatic heterocycles. The SMILES string of the molecule is N[C@@H](COB(O)O)C(=O)O. The van der Waals surface area contributed by atoms with E-state index in [0.717, 1.165) is 0 Å². The molecule has 0 aromatic carbocycles. The topological polar surface area (TPSA) is 113 Å². The van der Waals surface area contributed by atoms with E-state index in [1.807, 2.05) is 0 Å². The predicted molar refractivity (Wildman–Crippen MR) is 31.8 cm³/mol. The number of carbonyl (C=O) groups is 1. The molecule has 0 aromatic rings. The zero-order valence-electron chi connectivity index (χ0n) is 5.10. The van der Waals surface area contributed by atoms with E-state index in [9.17, 15) is 4.79 Å². The van der Waals surface area contributed by atoms with Crippen LogP contribution in [0.2, 0.25) is 0 Å². The van der Waals surface area contributed by atoms with E-state index >= 15 is 0 Å². The van der Waals surface area contributed by atoms with Gasteiger partial charge in [0.15, 0.2) is 0 Å². The van der Waals surface area contributed by atoms with E-state index in [0.29, 0.717) is 0 Å². The van der Waals surface area contributed by atoms with Crippen molar-refractivity contribution in [3.05, 3.63) is 0 Å². The van der Waals surface area contributed by atoms with Crippen LogP contribution in [0, 0.1) is 0 Å². The summed E-state index contributed by atoms with van der Waals surface area (Å²) in [7, 11) is -1.97. The summed E-state index contributed by atoms with van der Waals surface area (Å²) in [5.74, 6) is -1.25. The van der Waals surface area contributed by atoms with Crippen LogP contribution in [-0.2, 0) is 9.45 Å². The third-order valence-corrected chi connectivity index (χ3v) is 0.742. The Morgan fingerprint density at radius 1 is 1.70 bits per heavy atom. The van der Waals surface area contributed by atoms with E-state index in [4.69, 9.17) is 20.9 Å². The third kappa shape index (κ3) is 4.27. The van der Waals surface area contributed by atoms with Crippen LogP contribution >= 0.6 is 0 Å². The summed E-state index contributed by atoms with van der Waals surface area (Å²) in [6.45, 7) is -0.424. The van der Waals surface area contributed by atoms with Gasteiger partial charge >= 0.3 is 13.3 Å². The zero-order chi connectivity index (χ0) is 8.15. The molecule has 10 heavy (non-hydrogen) atoms. The Morgan fingerprint density at radius 2 is 2.20 bits per heavy atom.